The van der Waals surface area contributed by atoms with Crippen molar-refractivity contribution >= 4 is 28.1 Å². The van der Waals surface area contributed by atoms with E-state index in [2.05, 4.69) is 41.3 Å². The van der Waals surface area contributed by atoms with Gasteiger partial charge in [-0.15, -0.1) is 0 Å². The van der Waals surface area contributed by atoms with Gasteiger partial charge in [-0.3, -0.25) is 0 Å². The minimum atomic E-state index is 0.630. The highest BCUT2D eigenvalue weighted by Gasteiger charge is 2.11. The van der Waals surface area contributed by atoms with Crippen LogP contribution < -0.4 is 9.64 Å². The summed E-state index contributed by atoms with van der Waals surface area (Å²) in [6, 6.07) is 18.7. The topological polar surface area (TPSA) is 12.5 Å². The van der Waals surface area contributed by atoms with E-state index < -0.39 is 0 Å². The van der Waals surface area contributed by atoms with Crippen LogP contribution in [0, 0.1) is 0 Å². The third kappa shape index (κ3) is 2.62. The van der Waals surface area contributed by atoms with Gasteiger partial charge in [-0.1, -0.05) is 41.9 Å². The van der Waals surface area contributed by atoms with Crippen LogP contribution in [0.25, 0.3) is 21.9 Å². The zero-order chi connectivity index (χ0) is 15.7. The highest BCUT2D eigenvalue weighted by molar-refractivity contribution is 6.33. The molecule has 0 amide bonds. The molecule has 22 heavy (non-hydrogen) atoms. The van der Waals surface area contributed by atoms with Gasteiger partial charge < -0.3 is 9.64 Å². The van der Waals surface area contributed by atoms with Crippen LogP contribution >= 0.6 is 11.6 Å². The number of anilines is 1. The molecule has 112 valence electrons. The van der Waals surface area contributed by atoms with E-state index in [4.69, 9.17) is 16.3 Å². The first-order chi connectivity index (χ1) is 10.6. The molecular formula is C19H18ClNO. The first-order valence-corrected chi connectivity index (χ1v) is 7.52. The number of ether oxygens (including phenoxy) is 1. The number of methoxy groups -OCH3 is 1. The molecular weight excluding hydrogens is 294 g/mol. The van der Waals surface area contributed by atoms with Crippen molar-refractivity contribution in [3.8, 4) is 16.9 Å². The van der Waals surface area contributed by atoms with Gasteiger partial charge in [0.15, 0.2) is 0 Å². The van der Waals surface area contributed by atoms with Crippen molar-refractivity contribution < 1.29 is 4.74 Å². The number of hydrogen-bond donors (Lipinski definition) is 0. The normalized spacial score (nSPS) is 10.7. The van der Waals surface area contributed by atoms with Gasteiger partial charge in [0.05, 0.1) is 12.1 Å². The molecule has 0 radical (unpaired) electrons. The van der Waals surface area contributed by atoms with Crippen LogP contribution in [0.1, 0.15) is 0 Å². The predicted molar refractivity (Wildman–Crippen MR) is 95.3 cm³/mol. The van der Waals surface area contributed by atoms with Crippen LogP contribution in [-0.2, 0) is 0 Å². The monoisotopic (exact) mass is 311 g/mol. The third-order valence-electron chi connectivity index (χ3n) is 3.81. The highest BCUT2D eigenvalue weighted by atomic mass is 35.5. The summed E-state index contributed by atoms with van der Waals surface area (Å²) in [6.45, 7) is 0. The molecule has 0 spiro atoms. The Hall–Kier alpha value is -2.19. The Labute approximate surface area is 135 Å². The molecule has 0 unspecified atom stereocenters. The molecule has 0 heterocycles. The average Bonchev–Trinajstić information content (AvgIpc) is 2.53. The van der Waals surface area contributed by atoms with Gasteiger partial charge in [-0.2, -0.15) is 0 Å². The van der Waals surface area contributed by atoms with E-state index in [-0.39, 0.29) is 0 Å². The van der Waals surface area contributed by atoms with Crippen molar-refractivity contribution in [3.63, 3.8) is 0 Å². The van der Waals surface area contributed by atoms with Gasteiger partial charge in [0.25, 0.3) is 0 Å². The van der Waals surface area contributed by atoms with E-state index >= 15 is 0 Å². The van der Waals surface area contributed by atoms with Crippen molar-refractivity contribution in [1.29, 1.82) is 0 Å². The Kier molecular flexibility index (Phi) is 3.95. The third-order valence-corrected chi connectivity index (χ3v) is 4.11. The number of rotatable bonds is 3. The van der Waals surface area contributed by atoms with E-state index in [1.54, 1.807) is 7.11 Å². The lowest BCUT2D eigenvalue weighted by Gasteiger charge is -2.17. The molecule has 0 aromatic heterocycles. The first kappa shape index (κ1) is 14.7. The fourth-order valence-corrected chi connectivity index (χ4v) is 2.87. The van der Waals surface area contributed by atoms with Gasteiger partial charge in [0, 0.05) is 19.8 Å². The summed E-state index contributed by atoms with van der Waals surface area (Å²) in [4.78, 5) is 2.10. The Balaban J connectivity index is 2.36. The average molecular weight is 312 g/mol. The minimum Gasteiger partial charge on any atom is -0.495 e. The molecule has 0 saturated carbocycles. The van der Waals surface area contributed by atoms with Crippen LogP contribution in [0.4, 0.5) is 5.69 Å². The maximum absolute atomic E-state index is 6.30. The molecule has 2 nitrogen and oxygen atoms in total. The zero-order valence-corrected chi connectivity index (χ0v) is 13.7. The number of nitrogens with zero attached hydrogens (tertiary/aromatic N) is 1. The first-order valence-electron chi connectivity index (χ1n) is 7.14. The Bertz CT molecular complexity index is 813. The second-order valence-corrected chi connectivity index (χ2v) is 5.87. The largest absolute Gasteiger partial charge is 0.495 e. The van der Waals surface area contributed by atoms with Crippen molar-refractivity contribution in [2.24, 2.45) is 0 Å². The quantitative estimate of drug-likeness (QED) is 0.656. The molecule has 0 atom stereocenters. The molecule has 0 N–H and O–H groups in total. The lowest BCUT2D eigenvalue weighted by molar-refractivity contribution is 0.415. The van der Waals surface area contributed by atoms with E-state index in [9.17, 15) is 0 Å². The molecule has 3 aromatic carbocycles. The lowest BCUT2D eigenvalue weighted by Crippen LogP contribution is -2.08. The van der Waals surface area contributed by atoms with E-state index in [1.807, 2.05) is 32.3 Å². The molecule has 0 saturated heterocycles. The van der Waals surface area contributed by atoms with E-state index in [0.29, 0.717) is 10.8 Å². The highest BCUT2D eigenvalue weighted by Crippen LogP contribution is 2.38. The minimum absolute atomic E-state index is 0.630. The van der Waals surface area contributed by atoms with E-state index in [1.165, 1.54) is 11.1 Å². The smallest absolute Gasteiger partial charge is 0.138 e. The molecule has 0 aliphatic carbocycles. The molecule has 0 fully saturated rings. The SMILES string of the molecule is COc1cc2c(-c3ccccc3)cc(N(C)C)cc2cc1Cl. The molecule has 3 aromatic rings. The number of fused-ring (bicyclic) bond motifs is 1. The van der Waals surface area contributed by atoms with Crippen LogP contribution in [0.3, 0.4) is 0 Å². The maximum Gasteiger partial charge on any atom is 0.138 e. The van der Waals surface area contributed by atoms with Crippen molar-refractivity contribution in [3.05, 3.63) is 59.6 Å². The zero-order valence-electron chi connectivity index (χ0n) is 12.9. The van der Waals surface area contributed by atoms with Gasteiger partial charge in [-0.05, 0) is 46.2 Å². The standard InChI is InChI=1S/C19H18ClNO/c1-21(2)15-9-14-10-18(20)19(22-3)12-17(14)16(11-15)13-7-5-4-6-8-13/h4-12H,1-3H3. The second-order valence-electron chi connectivity index (χ2n) is 5.46. The summed E-state index contributed by atoms with van der Waals surface area (Å²) in [5.41, 5.74) is 3.50. The van der Waals surface area contributed by atoms with Crippen LogP contribution in [0.2, 0.25) is 5.02 Å². The summed E-state index contributed by atoms with van der Waals surface area (Å²) >= 11 is 6.30. The van der Waals surface area contributed by atoms with Crippen molar-refractivity contribution in [2.45, 2.75) is 0 Å². The molecule has 3 rings (SSSR count). The van der Waals surface area contributed by atoms with E-state index in [0.717, 1.165) is 16.5 Å². The molecule has 0 bridgehead atoms. The summed E-state index contributed by atoms with van der Waals surface area (Å²) in [7, 11) is 5.73. The molecule has 0 aliphatic heterocycles. The molecule has 0 aliphatic rings. The second kappa shape index (κ2) is 5.90. The van der Waals surface area contributed by atoms with Crippen molar-refractivity contribution in [1.82, 2.24) is 0 Å². The summed E-state index contributed by atoms with van der Waals surface area (Å²) in [5, 5.41) is 2.87. The lowest BCUT2D eigenvalue weighted by atomic mass is 9.97. The Morgan fingerprint density at radius 2 is 1.68 bits per heavy atom. The fourth-order valence-electron chi connectivity index (χ4n) is 2.62. The Morgan fingerprint density at radius 1 is 0.955 bits per heavy atom. The van der Waals surface area contributed by atoms with Gasteiger partial charge >= 0.3 is 0 Å². The van der Waals surface area contributed by atoms with Gasteiger partial charge in [-0.25, -0.2) is 0 Å². The van der Waals surface area contributed by atoms with Crippen LogP contribution in [0.5, 0.6) is 5.75 Å². The summed E-state index contributed by atoms with van der Waals surface area (Å²) < 4.78 is 5.38. The summed E-state index contributed by atoms with van der Waals surface area (Å²) in [6.07, 6.45) is 0. The van der Waals surface area contributed by atoms with Crippen LogP contribution in [-0.4, -0.2) is 21.2 Å². The Morgan fingerprint density at radius 3 is 2.32 bits per heavy atom. The fraction of sp³-hybridized carbons (Fsp3) is 0.158. The number of hydrogen-bond acceptors (Lipinski definition) is 2. The number of halogens is 1. The predicted octanol–water partition coefficient (Wildman–Crippen LogP) is 5.23. The van der Waals surface area contributed by atoms with Gasteiger partial charge in [0.1, 0.15) is 5.75 Å². The van der Waals surface area contributed by atoms with Crippen LogP contribution in [0.15, 0.2) is 54.6 Å². The number of benzene rings is 3. The van der Waals surface area contributed by atoms with Crippen molar-refractivity contribution in [2.75, 3.05) is 26.1 Å². The molecule has 3 heteroatoms. The maximum atomic E-state index is 6.30. The van der Waals surface area contributed by atoms with Gasteiger partial charge in [0.2, 0.25) is 0 Å². The summed E-state index contributed by atoms with van der Waals surface area (Å²) in [5.74, 6) is 0.698.